The van der Waals surface area contributed by atoms with Crippen molar-refractivity contribution < 1.29 is 48.0 Å². The number of carboxylic acids is 1. The van der Waals surface area contributed by atoms with Gasteiger partial charge in [0.25, 0.3) is 6.47 Å². The molecule has 2 N–H and O–H groups in total. The number of amides is 1. The highest BCUT2D eigenvalue weighted by Crippen LogP contribution is 2.18. The van der Waals surface area contributed by atoms with Gasteiger partial charge in [-0.15, -0.1) is 0 Å². The van der Waals surface area contributed by atoms with Crippen LogP contribution in [0.25, 0.3) is 0 Å². The molecule has 1 rings (SSSR count). The van der Waals surface area contributed by atoms with Crippen LogP contribution in [-0.4, -0.2) is 67.5 Å². The molecule has 11 heteroatoms. The van der Waals surface area contributed by atoms with E-state index in [0.29, 0.717) is 0 Å². The van der Waals surface area contributed by atoms with Gasteiger partial charge in [0.2, 0.25) is 5.54 Å². The van der Waals surface area contributed by atoms with Gasteiger partial charge in [-0.1, -0.05) is 18.2 Å². The zero-order chi connectivity index (χ0) is 21.2. The van der Waals surface area contributed by atoms with Crippen molar-refractivity contribution in [3.63, 3.8) is 0 Å². The number of alkyl carbamates (subject to hydrolysis) is 1. The molecule has 11 nitrogen and oxygen atoms in total. The molecule has 28 heavy (non-hydrogen) atoms. The lowest BCUT2D eigenvalue weighted by atomic mass is 9.93. The molecule has 0 radical (unpaired) electrons. The first-order chi connectivity index (χ1) is 13.3. The highest BCUT2D eigenvalue weighted by atomic mass is 16.6. The van der Waals surface area contributed by atoms with Crippen LogP contribution in [0.15, 0.2) is 30.3 Å². The molecule has 0 aliphatic heterocycles. The van der Waals surface area contributed by atoms with Crippen molar-refractivity contribution >= 4 is 30.5 Å². The summed E-state index contributed by atoms with van der Waals surface area (Å²) in [5.41, 5.74) is -2.37. The Bertz CT molecular complexity index is 720. The van der Waals surface area contributed by atoms with Gasteiger partial charge in [0.05, 0.1) is 12.7 Å². The molecule has 0 heterocycles. The van der Waals surface area contributed by atoms with Crippen molar-refractivity contribution in [1.29, 1.82) is 0 Å². The molecule has 0 saturated heterocycles. The van der Waals surface area contributed by atoms with Crippen molar-refractivity contribution in [2.45, 2.75) is 18.6 Å². The molecule has 0 fully saturated rings. The minimum atomic E-state index is -2.49. The zero-order valence-corrected chi connectivity index (χ0v) is 15.1. The van der Waals surface area contributed by atoms with E-state index in [1.54, 1.807) is 18.2 Å². The number of nitrogens with one attached hydrogen (secondary N) is 1. The van der Waals surface area contributed by atoms with E-state index < -0.39 is 48.9 Å². The van der Waals surface area contributed by atoms with Crippen LogP contribution in [0, 0.1) is 0 Å². The summed E-state index contributed by atoms with van der Waals surface area (Å²) in [5.74, 6) is -3.41. The van der Waals surface area contributed by atoms with Gasteiger partial charge in [-0.05, 0) is 12.1 Å². The Morgan fingerprint density at radius 2 is 1.82 bits per heavy atom. The fraction of sp³-hybridized carbons (Fsp3) is 0.353. The SMILES string of the molecule is COC(=O)N[C@](COC(=O)c1ccccc1)(C(=O)O)[C@@H](COC(C)=O)OC=O. The fourth-order valence-electron chi connectivity index (χ4n) is 2.09. The second-order valence-corrected chi connectivity index (χ2v) is 5.36. The molecule has 0 unspecified atom stereocenters. The van der Waals surface area contributed by atoms with Gasteiger partial charge in [0.15, 0.2) is 6.10 Å². The molecule has 0 aliphatic rings. The van der Waals surface area contributed by atoms with E-state index in [1.165, 1.54) is 12.1 Å². The monoisotopic (exact) mass is 397 g/mol. The molecule has 1 amide bonds. The Balaban J connectivity index is 3.20. The molecule has 1 aromatic carbocycles. The zero-order valence-electron chi connectivity index (χ0n) is 15.1. The summed E-state index contributed by atoms with van der Waals surface area (Å²) < 4.78 is 18.8. The van der Waals surface area contributed by atoms with E-state index in [9.17, 15) is 29.1 Å². The van der Waals surface area contributed by atoms with Gasteiger partial charge in [-0.3, -0.25) is 14.9 Å². The molecule has 1 aromatic rings. The summed E-state index contributed by atoms with van der Waals surface area (Å²) in [6, 6.07) is 7.64. The van der Waals surface area contributed by atoms with E-state index >= 15 is 0 Å². The van der Waals surface area contributed by atoms with Crippen LogP contribution in [0.2, 0.25) is 0 Å². The van der Waals surface area contributed by atoms with Crippen LogP contribution < -0.4 is 5.32 Å². The smallest absolute Gasteiger partial charge is 0.407 e. The van der Waals surface area contributed by atoms with Crippen LogP contribution >= 0.6 is 0 Å². The number of rotatable bonds is 10. The molecular formula is C17H19NO10. The minimum Gasteiger partial charge on any atom is -0.479 e. The Labute approximate surface area is 159 Å². The minimum absolute atomic E-state index is 0.0934. The highest BCUT2D eigenvalue weighted by molar-refractivity contribution is 5.90. The van der Waals surface area contributed by atoms with Crippen LogP contribution in [0.5, 0.6) is 0 Å². The van der Waals surface area contributed by atoms with Gasteiger partial charge >= 0.3 is 24.0 Å². The Morgan fingerprint density at radius 3 is 2.32 bits per heavy atom. The van der Waals surface area contributed by atoms with Crippen molar-refractivity contribution in [3.05, 3.63) is 35.9 Å². The van der Waals surface area contributed by atoms with E-state index in [-0.39, 0.29) is 12.0 Å². The van der Waals surface area contributed by atoms with E-state index in [2.05, 4.69) is 4.74 Å². The third-order valence-corrected chi connectivity index (χ3v) is 3.54. The first-order valence-corrected chi connectivity index (χ1v) is 7.81. The number of carbonyl (C=O) groups is 5. The van der Waals surface area contributed by atoms with Crippen molar-refractivity contribution in [2.24, 2.45) is 0 Å². The predicted molar refractivity (Wildman–Crippen MR) is 90.2 cm³/mol. The lowest BCUT2D eigenvalue weighted by molar-refractivity contribution is -0.167. The third kappa shape index (κ3) is 5.97. The molecule has 0 spiro atoms. The van der Waals surface area contributed by atoms with Gasteiger partial charge in [0, 0.05) is 6.92 Å². The van der Waals surface area contributed by atoms with Crippen molar-refractivity contribution in [2.75, 3.05) is 20.3 Å². The average Bonchev–Trinajstić information content (AvgIpc) is 2.68. The fourth-order valence-corrected chi connectivity index (χ4v) is 2.09. The second kappa shape index (κ2) is 10.5. The normalized spacial score (nSPS) is 13.2. The first-order valence-electron chi connectivity index (χ1n) is 7.81. The van der Waals surface area contributed by atoms with Gasteiger partial charge in [0.1, 0.15) is 13.2 Å². The highest BCUT2D eigenvalue weighted by Gasteiger charge is 2.52. The van der Waals surface area contributed by atoms with Crippen LogP contribution in [0.1, 0.15) is 17.3 Å². The Kier molecular flexibility index (Phi) is 8.41. The Morgan fingerprint density at radius 1 is 1.18 bits per heavy atom. The molecule has 0 bridgehead atoms. The largest absolute Gasteiger partial charge is 0.479 e. The number of carbonyl (C=O) groups excluding carboxylic acids is 4. The number of benzene rings is 1. The number of hydrogen-bond donors (Lipinski definition) is 2. The molecule has 152 valence electrons. The maximum atomic E-state index is 12.2. The summed E-state index contributed by atoms with van der Waals surface area (Å²) in [6.45, 7) is -0.731. The maximum Gasteiger partial charge on any atom is 0.407 e. The summed E-state index contributed by atoms with van der Waals surface area (Å²) in [5, 5.41) is 11.7. The van der Waals surface area contributed by atoms with Crippen LogP contribution in [-0.2, 0) is 33.3 Å². The van der Waals surface area contributed by atoms with Gasteiger partial charge < -0.3 is 24.1 Å². The molecular weight excluding hydrogens is 378 g/mol. The summed E-state index contributed by atoms with van der Waals surface area (Å²) in [4.78, 5) is 57.8. The maximum absolute atomic E-state index is 12.2. The number of ether oxygens (including phenoxy) is 4. The lowest BCUT2D eigenvalue weighted by Gasteiger charge is -2.34. The van der Waals surface area contributed by atoms with Crippen molar-refractivity contribution in [1.82, 2.24) is 5.32 Å². The van der Waals surface area contributed by atoms with E-state index in [0.717, 1.165) is 14.0 Å². The van der Waals surface area contributed by atoms with Crippen LogP contribution in [0.3, 0.4) is 0 Å². The molecule has 2 atom stereocenters. The predicted octanol–water partition coefficient (Wildman–Crippen LogP) is 0.127. The van der Waals surface area contributed by atoms with E-state index in [4.69, 9.17) is 14.2 Å². The van der Waals surface area contributed by atoms with Gasteiger partial charge in [-0.2, -0.15) is 0 Å². The molecule has 0 aromatic heterocycles. The third-order valence-electron chi connectivity index (χ3n) is 3.54. The molecule has 0 saturated carbocycles. The topological polar surface area (TPSA) is 155 Å². The standard InChI is InChI=1S/C17H19NO10/c1-11(20)26-8-13(28-10-19)17(15(22)23,18-16(24)25-2)9-27-14(21)12-6-4-3-5-7-12/h3-7,10,13H,8-9H2,1-2H3,(H,18,24)(H,22,23)/t13-,17+/m1/s1. The Hall–Kier alpha value is -3.63. The summed E-state index contributed by atoms with van der Waals surface area (Å²) in [6.07, 6.45) is -2.94. The quantitative estimate of drug-likeness (QED) is 0.316. The number of carboxylic acid groups (broad SMARTS) is 1. The van der Waals surface area contributed by atoms with E-state index in [1.807, 2.05) is 5.32 Å². The summed E-state index contributed by atoms with van der Waals surface area (Å²) in [7, 11) is 0.972. The lowest BCUT2D eigenvalue weighted by Crippen LogP contribution is -2.67. The van der Waals surface area contributed by atoms with Crippen LogP contribution in [0.4, 0.5) is 4.79 Å². The second-order valence-electron chi connectivity index (χ2n) is 5.36. The van der Waals surface area contributed by atoms with Gasteiger partial charge in [-0.25, -0.2) is 14.4 Å². The molecule has 0 aliphatic carbocycles. The first kappa shape index (κ1) is 22.4. The number of aliphatic carboxylic acids is 1. The number of esters is 2. The number of hydrogen-bond acceptors (Lipinski definition) is 9. The number of methoxy groups -OCH3 is 1. The summed E-state index contributed by atoms with van der Waals surface area (Å²) >= 11 is 0. The van der Waals surface area contributed by atoms with Crippen molar-refractivity contribution in [3.8, 4) is 0 Å². The average molecular weight is 397 g/mol.